The van der Waals surface area contributed by atoms with E-state index in [0.717, 1.165) is 12.1 Å². The van der Waals surface area contributed by atoms with Gasteiger partial charge in [0, 0.05) is 12.6 Å². The Morgan fingerprint density at radius 2 is 1.93 bits per heavy atom. The van der Waals surface area contributed by atoms with Crippen molar-refractivity contribution in [2.75, 3.05) is 7.05 Å². The Kier molecular flexibility index (Phi) is 3.31. The van der Waals surface area contributed by atoms with Crippen molar-refractivity contribution >= 4 is 0 Å². The minimum absolute atomic E-state index is 0.00741. The second-order valence-corrected chi connectivity index (χ2v) is 3.12. The maximum absolute atomic E-state index is 13.1. The molecule has 0 aromatic heterocycles. The van der Waals surface area contributed by atoms with Gasteiger partial charge >= 0.3 is 6.18 Å². The van der Waals surface area contributed by atoms with Crippen molar-refractivity contribution in [3.63, 3.8) is 0 Å². The third-order valence-electron chi connectivity index (χ3n) is 1.78. The average Bonchev–Trinajstić information content (AvgIpc) is 2.05. The molecule has 1 aromatic rings. The number of benzene rings is 1. The Bertz CT molecular complexity index is 348. The van der Waals surface area contributed by atoms with Gasteiger partial charge in [-0.3, -0.25) is 0 Å². The van der Waals surface area contributed by atoms with E-state index in [9.17, 15) is 17.6 Å². The van der Waals surface area contributed by atoms with Crippen LogP contribution in [0.2, 0.25) is 0 Å². The van der Waals surface area contributed by atoms with Gasteiger partial charge in [0.25, 0.3) is 0 Å². The van der Waals surface area contributed by atoms with Crippen LogP contribution in [0.25, 0.3) is 0 Å². The highest BCUT2D eigenvalue weighted by atomic mass is 19.4. The topological polar surface area (TPSA) is 23.5 Å². The molecule has 0 radical (unpaired) electrons. The minimum Gasteiger partial charge on any atom is -0.314 e. The third kappa shape index (κ3) is 3.17. The summed E-state index contributed by atoms with van der Waals surface area (Å²) in [5.41, 5.74) is -1.03. The van der Waals surface area contributed by atoms with Gasteiger partial charge in [-0.15, -0.1) is 0 Å². The van der Waals surface area contributed by atoms with E-state index in [1.165, 1.54) is 7.05 Å². The molecular formula is C9H9F4NO. The standard InChI is InChI=1S/C9H9F4NO/c1-14(15)5-6-2-3-7(4-8(6)10)9(11,12)13/h2-4,15H,5H2,1H3. The van der Waals surface area contributed by atoms with E-state index in [2.05, 4.69) is 0 Å². The van der Waals surface area contributed by atoms with Crippen molar-refractivity contribution in [1.29, 1.82) is 0 Å². The van der Waals surface area contributed by atoms with E-state index in [1.807, 2.05) is 0 Å². The molecule has 0 saturated carbocycles. The van der Waals surface area contributed by atoms with E-state index >= 15 is 0 Å². The fourth-order valence-electron chi connectivity index (χ4n) is 1.10. The van der Waals surface area contributed by atoms with Crippen LogP contribution in [0.15, 0.2) is 18.2 Å². The summed E-state index contributed by atoms with van der Waals surface area (Å²) in [5.74, 6) is -0.981. The first-order valence-electron chi connectivity index (χ1n) is 4.06. The Hall–Kier alpha value is -1.14. The molecule has 84 valence electrons. The lowest BCUT2D eigenvalue weighted by atomic mass is 10.1. The molecule has 6 heteroatoms. The predicted octanol–water partition coefficient (Wildman–Crippen LogP) is 2.67. The van der Waals surface area contributed by atoms with Crippen LogP contribution >= 0.6 is 0 Å². The summed E-state index contributed by atoms with van der Waals surface area (Å²) in [6, 6.07) is 2.20. The van der Waals surface area contributed by atoms with Crippen LogP contribution in [0.4, 0.5) is 17.6 Å². The molecule has 15 heavy (non-hydrogen) atoms. The SMILES string of the molecule is CN(O)Cc1ccc(C(F)(F)F)cc1F. The molecular weight excluding hydrogens is 214 g/mol. The molecule has 0 saturated heterocycles. The minimum atomic E-state index is -4.55. The predicted molar refractivity (Wildman–Crippen MR) is 44.7 cm³/mol. The Morgan fingerprint density at radius 3 is 2.33 bits per heavy atom. The van der Waals surface area contributed by atoms with Crippen LogP contribution in [0, 0.1) is 5.82 Å². The monoisotopic (exact) mass is 223 g/mol. The molecule has 0 fully saturated rings. The van der Waals surface area contributed by atoms with Crippen LogP contribution in [0.3, 0.4) is 0 Å². The van der Waals surface area contributed by atoms with Crippen molar-refractivity contribution in [2.45, 2.75) is 12.7 Å². The van der Waals surface area contributed by atoms with Crippen LogP contribution in [0.1, 0.15) is 11.1 Å². The molecule has 0 heterocycles. The molecule has 1 N–H and O–H groups in total. The number of hydrogen-bond donors (Lipinski definition) is 1. The molecule has 0 aliphatic rings. The smallest absolute Gasteiger partial charge is 0.314 e. The summed E-state index contributed by atoms with van der Waals surface area (Å²) >= 11 is 0. The first kappa shape index (κ1) is 11.9. The number of hydroxylamine groups is 2. The van der Waals surface area contributed by atoms with E-state index in [4.69, 9.17) is 5.21 Å². The third-order valence-corrected chi connectivity index (χ3v) is 1.78. The fourth-order valence-corrected chi connectivity index (χ4v) is 1.10. The van der Waals surface area contributed by atoms with Gasteiger partial charge in [0.2, 0.25) is 0 Å². The second kappa shape index (κ2) is 4.16. The van der Waals surface area contributed by atoms with Crippen molar-refractivity contribution in [3.8, 4) is 0 Å². The molecule has 0 unspecified atom stereocenters. The summed E-state index contributed by atoms with van der Waals surface area (Å²) in [7, 11) is 1.27. The van der Waals surface area contributed by atoms with Crippen LogP contribution in [-0.2, 0) is 12.7 Å². The van der Waals surface area contributed by atoms with Crippen molar-refractivity contribution in [2.24, 2.45) is 0 Å². The normalized spacial score (nSPS) is 12.2. The number of halogens is 4. The maximum Gasteiger partial charge on any atom is 0.416 e. The van der Waals surface area contributed by atoms with Crippen molar-refractivity contribution < 1.29 is 22.8 Å². The van der Waals surface area contributed by atoms with Gasteiger partial charge in [0.15, 0.2) is 0 Å². The lowest BCUT2D eigenvalue weighted by Gasteiger charge is -2.11. The maximum atomic E-state index is 13.1. The molecule has 2 nitrogen and oxygen atoms in total. The fraction of sp³-hybridized carbons (Fsp3) is 0.333. The number of nitrogens with zero attached hydrogens (tertiary/aromatic N) is 1. The first-order chi connectivity index (χ1) is 6.80. The molecule has 1 aromatic carbocycles. The summed E-state index contributed by atoms with van der Waals surface area (Å²) in [5, 5.41) is 9.49. The van der Waals surface area contributed by atoms with Crippen LogP contribution < -0.4 is 0 Å². The second-order valence-electron chi connectivity index (χ2n) is 3.12. The van der Waals surface area contributed by atoms with Crippen molar-refractivity contribution in [3.05, 3.63) is 35.1 Å². The molecule has 0 spiro atoms. The van der Waals surface area contributed by atoms with Gasteiger partial charge in [-0.1, -0.05) is 6.07 Å². The average molecular weight is 223 g/mol. The quantitative estimate of drug-likeness (QED) is 0.615. The lowest BCUT2D eigenvalue weighted by molar-refractivity contribution is -0.137. The van der Waals surface area contributed by atoms with Gasteiger partial charge in [-0.2, -0.15) is 18.2 Å². The molecule has 0 atom stereocenters. The highest BCUT2D eigenvalue weighted by molar-refractivity contribution is 5.26. The van der Waals surface area contributed by atoms with E-state index in [1.54, 1.807) is 0 Å². The summed E-state index contributed by atoms with van der Waals surface area (Å²) in [6.07, 6.45) is -4.55. The van der Waals surface area contributed by atoms with Gasteiger partial charge in [-0.25, -0.2) is 4.39 Å². The zero-order valence-corrected chi connectivity index (χ0v) is 7.85. The number of hydrogen-bond acceptors (Lipinski definition) is 2. The Balaban J connectivity index is 2.98. The van der Waals surface area contributed by atoms with Crippen LogP contribution in [-0.4, -0.2) is 17.3 Å². The Labute approximate surface area is 83.7 Å². The van der Waals surface area contributed by atoms with Gasteiger partial charge in [0.1, 0.15) is 5.82 Å². The van der Waals surface area contributed by atoms with Gasteiger partial charge < -0.3 is 5.21 Å². The molecule has 1 rings (SSSR count). The van der Waals surface area contributed by atoms with E-state index in [0.29, 0.717) is 11.1 Å². The zero-order chi connectivity index (χ0) is 11.6. The zero-order valence-electron chi connectivity index (χ0n) is 7.85. The van der Waals surface area contributed by atoms with Gasteiger partial charge in [-0.05, 0) is 12.1 Å². The first-order valence-corrected chi connectivity index (χ1v) is 4.06. The summed E-state index contributed by atoms with van der Waals surface area (Å²) in [4.78, 5) is 0. The van der Waals surface area contributed by atoms with Crippen molar-refractivity contribution in [1.82, 2.24) is 5.06 Å². The molecule has 0 aliphatic heterocycles. The van der Waals surface area contributed by atoms with Gasteiger partial charge in [0.05, 0.1) is 12.1 Å². The molecule has 0 bridgehead atoms. The Morgan fingerprint density at radius 1 is 1.33 bits per heavy atom. The van der Waals surface area contributed by atoms with Crippen LogP contribution in [0.5, 0.6) is 0 Å². The largest absolute Gasteiger partial charge is 0.416 e. The highest BCUT2D eigenvalue weighted by Gasteiger charge is 2.31. The lowest BCUT2D eigenvalue weighted by Crippen LogP contribution is -2.14. The van der Waals surface area contributed by atoms with E-state index < -0.39 is 17.6 Å². The summed E-state index contributed by atoms with van der Waals surface area (Å²) < 4.78 is 49.5. The highest BCUT2D eigenvalue weighted by Crippen LogP contribution is 2.30. The molecule has 0 aliphatic carbocycles. The summed E-state index contributed by atoms with van der Waals surface area (Å²) in [6.45, 7) is -0.163. The number of alkyl halides is 3. The molecule has 0 amide bonds. The van der Waals surface area contributed by atoms with E-state index in [-0.39, 0.29) is 12.1 Å². The number of rotatable bonds is 2.